The number of phenolic OH excluding ortho intramolecular Hbond substituents is 1. The Bertz CT molecular complexity index is 1010. The predicted octanol–water partition coefficient (Wildman–Crippen LogP) is 3.00. The largest absolute Gasteiger partial charge is 0.508 e. The van der Waals surface area contributed by atoms with Gasteiger partial charge in [-0.3, -0.25) is 4.79 Å². The van der Waals surface area contributed by atoms with Crippen molar-refractivity contribution < 1.29 is 28.1 Å². The van der Waals surface area contributed by atoms with Crippen molar-refractivity contribution in [2.75, 3.05) is 5.32 Å². The highest BCUT2D eigenvalue weighted by Gasteiger charge is 2.17. The van der Waals surface area contributed by atoms with Crippen LogP contribution in [0.25, 0.3) is 0 Å². The van der Waals surface area contributed by atoms with Crippen molar-refractivity contribution in [3.05, 3.63) is 66.9 Å². The second-order valence-corrected chi connectivity index (χ2v) is 7.01. The van der Waals surface area contributed by atoms with E-state index in [1.165, 1.54) is 36.5 Å². The summed E-state index contributed by atoms with van der Waals surface area (Å²) in [5.74, 6) is 0.245. The average Bonchev–Trinajstić information content (AvgIpc) is 2.72. The number of ether oxygens (including phenoxy) is 1. The Morgan fingerprint density at radius 3 is 2.34 bits per heavy atom. The molecular weight excluding hydrogens is 396 g/mol. The lowest BCUT2D eigenvalue weighted by Gasteiger charge is -2.15. The van der Waals surface area contributed by atoms with E-state index in [2.05, 4.69) is 10.3 Å². The van der Waals surface area contributed by atoms with Crippen molar-refractivity contribution in [1.29, 1.82) is 0 Å². The molecule has 2 unspecified atom stereocenters. The standard InChI is InChI=1S/C20H18N2O6S/c1-13(20(25)22-19-18(24)3-2-12-21-19)27-15-8-10-17(11-9-15)29(26)28-16-6-4-14(23)5-7-16/h2-13,23-24H,1H3,(H,21,22,25). The number of hydrogen-bond acceptors (Lipinski definition) is 7. The van der Waals surface area contributed by atoms with Crippen LogP contribution in [0.2, 0.25) is 0 Å². The average molecular weight is 414 g/mol. The molecule has 1 amide bonds. The summed E-state index contributed by atoms with van der Waals surface area (Å²) >= 11 is -1.75. The minimum Gasteiger partial charge on any atom is -0.508 e. The molecule has 3 N–H and O–H groups in total. The number of nitrogens with zero attached hydrogens (tertiary/aromatic N) is 1. The van der Waals surface area contributed by atoms with Gasteiger partial charge in [0, 0.05) is 6.20 Å². The van der Waals surface area contributed by atoms with Gasteiger partial charge in [-0.1, -0.05) is 0 Å². The minimum absolute atomic E-state index is 0.0464. The van der Waals surface area contributed by atoms with Crippen LogP contribution in [-0.2, 0) is 15.9 Å². The normalized spacial score (nSPS) is 12.6. The first-order valence-electron chi connectivity index (χ1n) is 8.53. The van der Waals surface area contributed by atoms with Gasteiger partial charge in [-0.25, -0.2) is 9.19 Å². The molecule has 150 valence electrons. The summed E-state index contributed by atoms with van der Waals surface area (Å²) in [5, 5.41) is 21.4. The second kappa shape index (κ2) is 9.07. The first-order valence-corrected chi connectivity index (χ1v) is 9.60. The number of anilines is 1. The number of benzene rings is 2. The summed E-state index contributed by atoms with van der Waals surface area (Å²) in [6.45, 7) is 1.55. The molecule has 0 radical (unpaired) electrons. The van der Waals surface area contributed by atoms with E-state index < -0.39 is 23.1 Å². The Morgan fingerprint density at radius 1 is 1.03 bits per heavy atom. The van der Waals surface area contributed by atoms with Crippen molar-refractivity contribution in [2.45, 2.75) is 17.9 Å². The van der Waals surface area contributed by atoms with Gasteiger partial charge in [-0.15, -0.1) is 0 Å². The Labute approximate surface area is 169 Å². The first kappa shape index (κ1) is 20.2. The third kappa shape index (κ3) is 5.45. The molecule has 0 spiro atoms. The lowest BCUT2D eigenvalue weighted by molar-refractivity contribution is -0.122. The van der Waals surface area contributed by atoms with Crippen LogP contribution in [0.15, 0.2) is 71.8 Å². The van der Waals surface area contributed by atoms with E-state index in [1.54, 1.807) is 37.3 Å². The van der Waals surface area contributed by atoms with Crippen LogP contribution in [0.4, 0.5) is 5.82 Å². The predicted molar refractivity (Wildman–Crippen MR) is 106 cm³/mol. The number of carbonyl (C=O) groups is 1. The van der Waals surface area contributed by atoms with Crippen LogP contribution >= 0.6 is 0 Å². The van der Waals surface area contributed by atoms with Gasteiger partial charge in [0.2, 0.25) is 11.1 Å². The Hall–Kier alpha value is -3.59. The molecule has 2 atom stereocenters. The number of hydrogen-bond donors (Lipinski definition) is 3. The van der Waals surface area contributed by atoms with Gasteiger partial charge in [0.05, 0.1) is 4.90 Å². The number of pyridine rings is 1. The van der Waals surface area contributed by atoms with Crippen LogP contribution in [-0.4, -0.2) is 31.4 Å². The molecule has 0 saturated heterocycles. The van der Waals surface area contributed by atoms with Crippen molar-refractivity contribution in [1.82, 2.24) is 4.98 Å². The van der Waals surface area contributed by atoms with Gasteiger partial charge in [-0.2, -0.15) is 0 Å². The van der Waals surface area contributed by atoms with Crippen molar-refractivity contribution >= 4 is 22.8 Å². The van der Waals surface area contributed by atoms with Crippen LogP contribution in [0, 0.1) is 0 Å². The molecule has 3 rings (SSSR count). The monoisotopic (exact) mass is 414 g/mol. The molecule has 0 aliphatic rings. The summed E-state index contributed by atoms with van der Waals surface area (Å²) in [4.78, 5) is 16.5. The van der Waals surface area contributed by atoms with Gasteiger partial charge >= 0.3 is 0 Å². The molecule has 8 nitrogen and oxygen atoms in total. The SMILES string of the molecule is CC(Oc1ccc(S(=O)Oc2ccc(O)cc2)cc1)C(=O)Nc1ncccc1O. The van der Waals surface area contributed by atoms with E-state index in [1.807, 2.05) is 0 Å². The lowest BCUT2D eigenvalue weighted by Crippen LogP contribution is -2.30. The molecule has 0 aliphatic carbocycles. The Morgan fingerprint density at radius 2 is 1.69 bits per heavy atom. The molecular formula is C20H18N2O6S. The molecule has 1 heterocycles. The maximum absolute atomic E-state index is 12.3. The zero-order valence-electron chi connectivity index (χ0n) is 15.3. The summed E-state index contributed by atoms with van der Waals surface area (Å²) < 4.78 is 23.1. The van der Waals surface area contributed by atoms with Gasteiger partial charge in [0.25, 0.3) is 5.91 Å². The maximum atomic E-state index is 12.3. The third-order valence-electron chi connectivity index (χ3n) is 3.73. The fourth-order valence-corrected chi connectivity index (χ4v) is 2.98. The number of rotatable bonds is 7. The summed E-state index contributed by atoms with van der Waals surface area (Å²) in [5.41, 5.74) is 0. The molecule has 1 aromatic heterocycles. The van der Waals surface area contributed by atoms with Gasteiger partial charge in [0.15, 0.2) is 17.7 Å². The highest BCUT2D eigenvalue weighted by molar-refractivity contribution is 7.80. The van der Waals surface area contributed by atoms with E-state index in [-0.39, 0.29) is 17.3 Å². The first-order chi connectivity index (χ1) is 13.9. The zero-order valence-corrected chi connectivity index (χ0v) is 16.1. The molecule has 0 bridgehead atoms. The van der Waals surface area contributed by atoms with Crippen LogP contribution in [0.1, 0.15) is 6.92 Å². The molecule has 0 saturated carbocycles. The maximum Gasteiger partial charge on any atom is 0.266 e. The summed E-state index contributed by atoms with van der Waals surface area (Å²) in [6.07, 6.45) is 0.584. The van der Waals surface area contributed by atoms with Gasteiger partial charge in [-0.05, 0) is 67.6 Å². The van der Waals surface area contributed by atoms with Crippen LogP contribution in [0.3, 0.4) is 0 Å². The highest BCUT2D eigenvalue weighted by Crippen LogP contribution is 2.22. The van der Waals surface area contributed by atoms with E-state index in [4.69, 9.17) is 8.92 Å². The smallest absolute Gasteiger partial charge is 0.266 e. The molecule has 2 aromatic carbocycles. The topological polar surface area (TPSA) is 118 Å². The Kier molecular flexibility index (Phi) is 6.30. The van der Waals surface area contributed by atoms with Crippen LogP contribution < -0.4 is 14.2 Å². The zero-order chi connectivity index (χ0) is 20.8. The molecule has 0 fully saturated rings. The number of carbonyl (C=O) groups excluding carboxylic acids is 1. The van der Waals surface area contributed by atoms with E-state index in [0.29, 0.717) is 16.4 Å². The molecule has 3 aromatic rings. The van der Waals surface area contributed by atoms with Gasteiger partial charge in [0.1, 0.15) is 17.2 Å². The molecule has 0 aliphatic heterocycles. The van der Waals surface area contributed by atoms with E-state index in [9.17, 15) is 19.2 Å². The Balaban J connectivity index is 1.58. The van der Waals surface area contributed by atoms with Crippen molar-refractivity contribution in [3.63, 3.8) is 0 Å². The number of aromatic hydroxyl groups is 2. The quantitative estimate of drug-likeness (QED) is 0.544. The number of phenols is 1. The van der Waals surface area contributed by atoms with E-state index in [0.717, 1.165) is 0 Å². The summed E-state index contributed by atoms with van der Waals surface area (Å²) in [7, 11) is 0. The number of aromatic nitrogens is 1. The summed E-state index contributed by atoms with van der Waals surface area (Å²) in [6, 6.07) is 15.1. The van der Waals surface area contributed by atoms with Crippen molar-refractivity contribution in [2.24, 2.45) is 0 Å². The fourth-order valence-electron chi connectivity index (χ4n) is 2.24. The lowest BCUT2D eigenvalue weighted by atomic mass is 10.3. The number of nitrogens with one attached hydrogen (secondary N) is 1. The van der Waals surface area contributed by atoms with E-state index >= 15 is 0 Å². The van der Waals surface area contributed by atoms with Crippen LogP contribution in [0.5, 0.6) is 23.0 Å². The molecule has 9 heteroatoms. The third-order valence-corrected chi connectivity index (χ3v) is 4.74. The fraction of sp³-hybridized carbons (Fsp3) is 0.100. The molecule has 29 heavy (non-hydrogen) atoms. The highest BCUT2D eigenvalue weighted by atomic mass is 32.2. The second-order valence-electron chi connectivity index (χ2n) is 5.90. The van der Waals surface area contributed by atoms with Crippen molar-refractivity contribution in [3.8, 4) is 23.0 Å². The minimum atomic E-state index is -1.75. The number of amides is 1. The van der Waals surface area contributed by atoms with Gasteiger partial charge < -0.3 is 24.4 Å².